The standard InChI is InChI=1S/C20H20IN3O2S/c1-11-5-12(2)7-15(6-11)27-19-16(13(3)23-20(26)18(19)21)8-24-10-22-14(4)17(24)9-25/h5-7,9-10H,8H2,1-4H3,(H,23,26). The maximum Gasteiger partial charge on any atom is 0.262 e. The maximum atomic E-state index is 12.4. The number of carbonyl (C=O) groups excluding carboxylic acids is 1. The van der Waals surface area contributed by atoms with Crippen LogP contribution in [0, 0.1) is 31.3 Å². The van der Waals surface area contributed by atoms with Crippen LogP contribution in [0.1, 0.15) is 38.6 Å². The van der Waals surface area contributed by atoms with E-state index in [0.29, 0.717) is 21.5 Å². The number of aryl methyl sites for hydroxylation is 4. The van der Waals surface area contributed by atoms with Crippen molar-refractivity contribution in [1.82, 2.24) is 14.5 Å². The first-order valence-corrected chi connectivity index (χ1v) is 10.3. The fraction of sp³-hybridized carbons (Fsp3) is 0.250. The smallest absolute Gasteiger partial charge is 0.262 e. The van der Waals surface area contributed by atoms with E-state index in [1.165, 1.54) is 11.1 Å². The van der Waals surface area contributed by atoms with Crippen molar-refractivity contribution in [1.29, 1.82) is 0 Å². The summed E-state index contributed by atoms with van der Waals surface area (Å²) in [6, 6.07) is 6.36. The predicted molar refractivity (Wildman–Crippen MR) is 116 cm³/mol. The van der Waals surface area contributed by atoms with Crippen LogP contribution in [0.5, 0.6) is 0 Å². The molecule has 0 radical (unpaired) electrons. The first-order chi connectivity index (χ1) is 12.8. The summed E-state index contributed by atoms with van der Waals surface area (Å²) in [4.78, 5) is 33.0. The Morgan fingerprint density at radius 3 is 2.48 bits per heavy atom. The number of nitrogens with one attached hydrogen (secondary N) is 1. The minimum absolute atomic E-state index is 0.0962. The predicted octanol–water partition coefficient (Wildman–Crippen LogP) is 4.42. The van der Waals surface area contributed by atoms with Crippen LogP contribution in [0.3, 0.4) is 0 Å². The zero-order valence-corrected chi connectivity index (χ0v) is 18.6. The molecule has 27 heavy (non-hydrogen) atoms. The van der Waals surface area contributed by atoms with Gasteiger partial charge >= 0.3 is 0 Å². The Morgan fingerprint density at radius 1 is 1.19 bits per heavy atom. The van der Waals surface area contributed by atoms with Gasteiger partial charge < -0.3 is 9.55 Å². The zero-order valence-electron chi connectivity index (χ0n) is 15.6. The number of H-pyrrole nitrogens is 1. The molecule has 2 heterocycles. The highest BCUT2D eigenvalue weighted by molar-refractivity contribution is 14.1. The lowest BCUT2D eigenvalue weighted by Gasteiger charge is -2.16. The number of hydrogen-bond acceptors (Lipinski definition) is 4. The van der Waals surface area contributed by atoms with E-state index in [1.807, 2.05) is 18.4 Å². The minimum Gasteiger partial charge on any atom is -0.325 e. The average Bonchev–Trinajstić information content (AvgIpc) is 2.94. The van der Waals surface area contributed by atoms with E-state index in [2.05, 4.69) is 64.6 Å². The summed E-state index contributed by atoms with van der Waals surface area (Å²) < 4.78 is 2.48. The van der Waals surface area contributed by atoms with Gasteiger partial charge in [-0.1, -0.05) is 17.8 Å². The Morgan fingerprint density at radius 2 is 1.85 bits per heavy atom. The molecule has 0 unspecified atom stereocenters. The van der Waals surface area contributed by atoms with Gasteiger partial charge in [0.05, 0.1) is 22.1 Å². The first-order valence-electron chi connectivity index (χ1n) is 8.44. The van der Waals surface area contributed by atoms with Gasteiger partial charge in [-0.3, -0.25) is 9.59 Å². The van der Waals surface area contributed by atoms with Crippen molar-refractivity contribution in [3.63, 3.8) is 0 Å². The quantitative estimate of drug-likeness (QED) is 0.422. The molecule has 0 saturated carbocycles. The molecule has 0 amide bonds. The highest BCUT2D eigenvalue weighted by atomic mass is 127. The number of benzene rings is 1. The second kappa shape index (κ2) is 8.02. The third kappa shape index (κ3) is 4.19. The number of pyridine rings is 1. The fourth-order valence-electron chi connectivity index (χ4n) is 3.05. The van der Waals surface area contributed by atoms with Gasteiger partial charge in [0, 0.05) is 21.0 Å². The van der Waals surface area contributed by atoms with Crippen molar-refractivity contribution in [3.05, 3.63) is 72.2 Å². The molecular weight excluding hydrogens is 473 g/mol. The number of aldehydes is 1. The number of aromatic nitrogens is 3. The fourth-order valence-corrected chi connectivity index (χ4v) is 5.09. The van der Waals surface area contributed by atoms with E-state index in [9.17, 15) is 9.59 Å². The van der Waals surface area contributed by atoms with E-state index in [-0.39, 0.29) is 5.56 Å². The molecule has 2 aromatic heterocycles. The molecule has 0 spiro atoms. The summed E-state index contributed by atoms with van der Waals surface area (Å²) in [5.41, 5.74) is 5.32. The van der Waals surface area contributed by atoms with Crippen LogP contribution in [-0.4, -0.2) is 20.8 Å². The van der Waals surface area contributed by atoms with E-state index in [4.69, 9.17) is 0 Å². The summed E-state index contributed by atoms with van der Waals surface area (Å²) in [6.07, 6.45) is 2.49. The van der Waals surface area contributed by atoms with Crippen molar-refractivity contribution in [3.8, 4) is 0 Å². The average molecular weight is 493 g/mol. The van der Waals surface area contributed by atoms with Crippen molar-refractivity contribution in [2.75, 3.05) is 0 Å². The molecule has 0 aliphatic heterocycles. The van der Waals surface area contributed by atoms with Gasteiger partial charge in [0.1, 0.15) is 5.69 Å². The van der Waals surface area contributed by atoms with Gasteiger partial charge in [-0.05, 0) is 73.5 Å². The second-order valence-corrected chi connectivity index (χ2v) is 8.75. The van der Waals surface area contributed by atoms with Crippen LogP contribution in [-0.2, 0) is 6.54 Å². The molecule has 140 valence electrons. The van der Waals surface area contributed by atoms with E-state index in [0.717, 1.165) is 27.3 Å². The highest BCUT2D eigenvalue weighted by Crippen LogP contribution is 2.35. The maximum absolute atomic E-state index is 12.4. The normalized spacial score (nSPS) is 11.0. The van der Waals surface area contributed by atoms with Crippen LogP contribution < -0.4 is 5.56 Å². The number of carbonyl (C=O) groups is 1. The monoisotopic (exact) mass is 493 g/mol. The molecule has 0 atom stereocenters. The van der Waals surface area contributed by atoms with Gasteiger partial charge in [-0.2, -0.15) is 0 Å². The third-order valence-corrected chi connectivity index (χ3v) is 6.87. The molecule has 0 saturated heterocycles. The first kappa shape index (κ1) is 19.9. The Hall–Kier alpha value is -1.87. The highest BCUT2D eigenvalue weighted by Gasteiger charge is 2.18. The topological polar surface area (TPSA) is 67.8 Å². The van der Waals surface area contributed by atoms with E-state index in [1.54, 1.807) is 18.1 Å². The van der Waals surface area contributed by atoms with Gasteiger partial charge in [-0.15, -0.1) is 0 Å². The van der Waals surface area contributed by atoms with Gasteiger partial charge in [-0.25, -0.2) is 4.98 Å². The summed E-state index contributed by atoms with van der Waals surface area (Å²) in [6.45, 7) is 8.31. The molecule has 0 aliphatic rings. The van der Waals surface area contributed by atoms with Crippen molar-refractivity contribution < 1.29 is 4.79 Å². The molecule has 0 aliphatic carbocycles. The number of hydrogen-bond donors (Lipinski definition) is 1. The molecular formula is C20H20IN3O2S. The number of aromatic amines is 1. The summed E-state index contributed by atoms with van der Waals surface area (Å²) >= 11 is 3.69. The number of imidazole rings is 1. The van der Waals surface area contributed by atoms with Crippen molar-refractivity contribution in [2.45, 2.75) is 44.0 Å². The molecule has 3 rings (SSSR count). The van der Waals surface area contributed by atoms with Crippen LogP contribution in [0.15, 0.2) is 39.1 Å². The molecule has 3 aromatic rings. The van der Waals surface area contributed by atoms with E-state index >= 15 is 0 Å². The van der Waals surface area contributed by atoms with Gasteiger partial charge in [0.15, 0.2) is 6.29 Å². The lowest BCUT2D eigenvalue weighted by Crippen LogP contribution is -2.17. The molecule has 0 bridgehead atoms. The zero-order chi connectivity index (χ0) is 19.7. The van der Waals surface area contributed by atoms with E-state index < -0.39 is 0 Å². The van der Waals surface area contributed by atoms with Gasteiger partial charge in [0.2, 0.25) is 0 Å². The largest absolute Gasteiger partial charge is 0.325 e. The Kier molecular flexibility index (Phi) is 5.90. The summed E-state index contributed by atoms with van der Waals surface area (Å²) in [5, 5.41) is 0. The lowest BCUT2D eigenvalue weighted by molar-refractivity contribution is 0.111. The number of rotatable bonds is 5. The van der Waals surface area contributed by atoms with Crippen LogP contribution in [0.4, 0.5) is 0 Å². The minimum atomic E-state index is -0.0962. The number of halogens is 1. The Bertz CT molecular complexity index is 1070. The van der Waals surface area contributed by atoms with Crippen LogP contribution in [0.25, 0.3) is 0 Å². The summed E-state index contributed by atoms with van der Waals surface area (Å²) in [5.74, 6) is 0. The SMILES string of the molecule is Cc1cc(C)cc(Sc2c(Cn3cnc(C)c3C=O)c(C)[nH]c(=O)c2I)c1. The third-order valence-electron chi connectivity index (χ3n) is 4.35. The molecule has 1 aromatic carbocycles. The second-order valence-electron chi connectivity index (χ2n) is 6.59. The lowest BCUT2D eigenvalue weighted by atomic mass is 10.2. The van der Waals surface area contributed by atoms with Crippen molar-refractivity contribution >= 4 is 40.6 Å². The summed E-state index contributed by atoms with van der Waals surface area (Å²) in [7, 11) is 0. The van der Waals surface area contributed by atoms with Crippen molar-refractivity contribution in [2.24, 2.45) is 0 Å². The van der Waals surface area contributed by atoms with Crippen LogP contribution >= 0.6 is 34.4 Å². The Balaban J connectivity index is 2.12. The van der Waals surface area contributed by atoms with Gasteiger partial charge in [0.25, 0.3) is 5.56 Å². The Labute approximate surface area is 175 Å². The molecule has 0 fully saturated rings. The van der Waals surface area contributed by atoms with Crippen LogP contribution in [0.2, 0.25) is 0 Å². The molecule has 5 nitrogen and oxygen atoms in total. The molecule has 1 N–H and O–H groups in total. The number of nitrogens with zero attached hydrogens (tertiary/aromatic N) is 2. The molecule has 7 heteroatoms.